The van der Waals surface area contributed by atoms with Crippen molar-refractivity contribution in [1.82, 2.24) is 0 Å². The van der Waals surface area contributed by atoms with Gasteiger partial charge in [-0.2, -0.15) is 0 Å². The molecule has 1 aromatic rings. The van der Waals surface area contributed by atoms with Crippen LogP contribution in [0.25, 0.3) is 0 Å². The number of methoxy groups -OCH3 is 1. The molecule has 15 heavy (non-hydrogen) atoms. The zero-order valence-corrected chi connectivity index (χ0v) is 9.67. The molecule has 0 atom stereocenters. The normalized spacial score (nSPS) is 9.73. The standard InChI is InChI=1S/C11H14O3S/c1-3-14-11(12)8-15-10-6-4-9(13-2)5-7-10/h4-7H,3,8H2,1-2H3. The van der Waals surface area contributed by atoms with Crippen molar-refractivity contribution in [2.75, 3.05) is 19.5 Å². The third-order valence-electron chi connectivity index (χ3n) is 1.72. The molecule has 0 saturated carbocycles. The average Bonchev–Trinajstić information content (AvgIpc) is 2.27. The Labute approximate surface area is 93.8 Å². The fourth-order valence-electron chi connectivity index (χ4n) is 1.02. The van der Waals surface area contributed by atoms with Crippen LogP contribution in [-0.4, -0.2) is 25.4 Å². The number of benzene rings is 1. The van der Waals surface area contributed by atoms with Gasteiger partial charge in [0, 0.05) is 4.90 Å². The largest absolute Gasteiger partial charge is 0.497 e. The topological polar surface area (TPSA) is 35.5 Å². The van der Waals surface area contributed by atoms with E-state index in [0.717, 1.165) is 10.6 Å². The van der Waals surface area contributed by atoms with Crippen molar-refractivity contribution < 1.29 is 14.3 Å². The maximum atomic E-state index is 11.1. The summed E-state index contributed by atoms with van der Waals surface area (Å²) in [6.07, 6.45) is 0. The quantitative estimate of drug-likeness (QED) is 0.570. The Morgan fingerprint density at radius 3 is 2.53 bits per heavy atom. The molecule has 0 aromatic heterocycles. The molecule has 1 aromatic carbocycles. The predicted octanol–water partition coefficient (Wildman–Crippen LogP) is 2.35. The lowest BCUT2D eigenvalue weighted by molar-refractivity contribution is -0.139. The van der Waals surface area contributed by atoms with E-state index < -0.39 is 0 Å². The number of ether oxygens (including phenoxy) is 2. The SMILES string of the molecule is CCOC(=O)CSc1ccc(OC)cc1. The molecule has 0 spiro atoms. The first-order valence-corrected chi connectivity index (χ1v) is 5.67. The van der Waals surface area contributed by atoms with Crippen LogP contribution in [0.1, 0.15) is 6.92 Å². The number of rotatable bonds is 5. The highest BCUT2D eigenvalue weighted by molar-refractivity contribution is 8.00. The van der Waals surface area contributed by atoms with Crippen LogP contribution in [0.3, 0.4) is 0 Å². The fraction of sp³-hybridized carbons (Fsp3) is 0.364. The maximum absolute atomic E-state index is 11.1. The Bertz CT molecular complexity index is 308. The zero-order valence-electron chi connectivity index (χ0n) is 8.86. The number of carbonyl (C=O) groups is 1. The lowest BCUT2D eigenvalue weighted by atomic mass is 10.3. The van der Waals surface area contributed by atoms with E-state index in [4.69, 9.17) is 9.47 Å². The zero-order chi connectivity index (χ0) is 11.1. The van der Waals surface area contributed by atoms with E-state index in [1.165, 1.54) is 11.8 Å². The molecule has 1 rings (SSSR count). The van der Waals surface area contributed by atoms with E-state index in [-0.39, 0.29) is 5.97 Å². The van der Waals surface area contributed by atoms with E-state index in [2.05, 4.69) is 0 Å². The highest BCUT2D eigenvalue weighted by Gasteiger charge is 2.02. The van der Waals surface area contributed by atoms with Crippen molar-refractivity contribution in [3.8, 4) is 5.75 Å². The van der Waals surface area contributed by atoms with Crippen LogP contribution in [0.5, 0.6) is 5.75 Å². The van der Waals surface area contributed by atoms with Crippen LogP contribution < -0.4 is 4.74 Å². The maximum Gasteiger partial charge on any atom is 0.316 e. The molecule has 0 radical (unpaired) electrons. The minimum atomic E-state index is -0.182. The minimum Gasteiger partial charge on any atom is -0.497 e. The molecule has 0 aliphatic carbocycles. The van der Waals surface area contributed by atoms with Crippen LogP contribution in [0, 0.1) is 0 Å². The van der Waals surface area contributed by atoms with Crippen LogP contribution in [0.15, 0.2) is 29.2 Å². The van der Waals surface area contributed by atoms with Gasteiger partial charge in [0.15, 0.2) is 0 Å². The Morgan fingerprint density at radius 2 is 2.00 bits per heavy atom. The van der Waals surface area contributed by atoms with Gasteiger partial charge in [-0.15, -0.1) is 11.8 Å². The second kappa shape index (κ2) is 6.35. The predicted molar refractivity (Wildman–Crippen MR) is 60.4 cm³/mol. The van der Waals surface area contributed by atoms with E-state index in [1.807, 2.05) is 24.3 Å². The van der Waals surface area contributed by atoms with Crippen molar-refractivity contribution in [3.63, 3.8) is 0 Å². The van der Waals surface area contributed by atoms with Crippen molar-refractivity contribution >= 4 is 17.7 Å². The Balaban J connectivity index is 2.40. The Kier molecular flexibility index (Phi) is 5.04. The van der Waals surface area contributed by atoms with Gasteiger partial charge in [0.05, 0.1) is 19.5 Å². The number of hydrogen-bond acceptors (Lipinski definition) is 4. The van der Waals surface area contributed by atoms with E-state index in [0.29, 0.717) is 12.4 Å². The van der Waals surface area contributed by atoms with Gasteiger partial charge in [-0.25, -0.2) is 0 Å². The van der Waals surface area contributed by atoms with Gasteiger partial charge in [0.1, 0.15) is 5.75 Å². The molecule has 3 nitrogen and oxygen atoms in total. The second-order valence-electron chi connectivity index (χ2n) is 2.77. The minimum absolute atomic E-state index is 0.182. The summed E-state index contributed by atoms with van der Waals surface area (Å²) in [5, 5.41) is 0. The molecule has 82 valence electrons. The summed E-state index contributed by atoms with van der Waals surface area (Å²) >= 11 is 1.46. The molecule has 0 saturated heterocycles. The molecule has 0 aliphatic heterocycles. The van der Waals surface area contributed by atoms with Crippen LogP contribution in [-0.2, 0) is 9.53 Å². The lowest BCUT2D eigenvalue weighted by Gasteiger charge is -2.03. The van der Waals surface area contributed by atoms with Crippen LogP contribution in [0.2, 0.25) is 0 Å². The molecule has 0 bridgehead atoms. The smallest absolute Gasteiger partial charge is 0.316 e. The van der Waals surface area contributed by atoms with E-state index in [9.17, 15) is 4.79 Å². The number of esters is 1. The van der Waals surface area contributed by atoms with Gasteiger partial charge in [-0.1, -0.05) is 0 Å². The third-order valence-corrected chi connectivity index (χ3v) is 2.71. The van der Waals surface area contributed by atoms with Gasteiger partial charge >= 0.3 is 5.97 Å². The number of carbonyl (C=O) groups excluding carboxylic acids is 1. The molecular weight excluding hydrogens is 212 g/mol. The average molecular weight is 226 g/mol. The van der Waals surface area contributed by atoms with Gasteiger partial charge in [0.2, 0.25) is 0 Å². The molecule has 0 aliphatic rings. The summed E-state index contributed by atoms with van der Waals surface area (Å²) in [6, 6.07) is 7.58. The number of thioether (sulfide) groups is 1. The monoisotopic (exact) mass is 226 g/mol. The third kappa shape index (κ3) is 4.25. The Morgan fingerprint density at radius 1 is 1.33 bits per heavy atom. The van der Waals surface area contributed by atoms with Crippen molar-refractivity contribution in [2.24, 2.45) is 0 Å². The first-order valence-electron chi connectivity index (χ1n) is 4.68. The summed E-state index contributed by atoms with van der Waals surface area (Å²) < 4.78 is 9.86. The first-order chi connectivity index (χ1) is 7.26. The molecule has 0 fully saturated rings. The fourth-order valence-corrected chi connectivity index (χ4v) is 1.71. The molecular formula is C11H14O3S. The van der Waals surface area contributed by atoms with Gasteiger partial charge in [-0.05, 0) is 31.2 Å². The summed E-state index contributed by atoms with van der Waals surface area (Å²) in [5.41, 5.74) is 0. The first kappa shape index (κ1) is 11.9. The highest BCUT2D eigenvalue weighted by Crippen LogP contribution is 2.21. The van der Waals surface area contributed by atoms with Crippen molar-refractivity contribution in [3.05, 3.63) is 24.3 Å². The van der Waals surface area contributed by atoms with E-state index >= 15 is 0 Å². The molecule has 0 unspecified atom stereocenters. The molecule has 0 N–H and O–H groups in total. The lowest BCUT2D eigenvalue weighted by Crippen LogP contribution is -2.06. The van der Waals surface area contributed by atoms with Crippen LogP contribution in [0.4, 0.5) is 0 Å². The van der Waals surface area contributed by atoms with Gasteiger partial charge < -0.3 is 9.47 Å². The van der Waals surface area contributed by atoms with E-state index in [1.54, 1.807) is 14.0 Å². The van der Waals surface area contributed by atoms with Crippen molar-refractivity contribution in [1.29, 1.82) is 0 Å². The molecule has 0 amide bonds. The number of hydrogen-bond donors (Lipinski definition) is 0. The second-order valence-corrected chi connectivity index (χ2v) is 3.82. The van der Waals surface area contributed by atoms with Gasteiger partial charge in [-0.3, -0.25) is 4.79 Å². The van der Waals surface area contributed by atoms with Gasteiger partial charge in [0.25, 0.3) is 0 Å². The Hall–Kier alpha value is -1.16. The van der Waals surface area contributed by atoms with Crippen molar-refractivity contribution in [2.45, 2.75) is 11.8 Å². The van der Waals surface area contributed by atoms with Crippen LogP contribution >= 0.6 is 11.8 Å². The summed E-state index contributed by atoms with van der Waals surface area (Å²) in [7, 11) is 1.63. The summed E-state index contributed by atoms with van der Waals surface area (Å²) in [5.74, 6) is 0.981. The molecule has 0 heterocycles. The summed E-state index contributed by atoms with van der Waals surface area (Å²) in [6.45, 7) is 2.23. The summed E-state index contributed by atoms with van der Waals surface area (Å²) in [4.78, 5) is 12.1. The highest BCUT2D eigenvalue weighted by atomic mass is 32.2. The molecule has 4 heteroatoms.